The summed E-state index contributed by atoms with van der Waals surface area (Å²) in [7, 11) is 0. The first-order chi connectivity index (χ1) is 3.88. The number of hydrogen-bond acceptors (Lipinski definition) is 0. The fraction of sp³-hybridized carbons (Fsp3) is 0.875. The molecule has 0 saturated heterocycles. The first-order valence-electron chi connectivity index (χ1n) is 3.72. The average Bonchev–Trinajstić information content (AvgIpc) is 2.09. The molecule has 45 valence electrons. The lowest BCUT2D eigenvalue weighted by molar-refractivity contribution is 0.260. The third-order valence-electron chi connectivity index (χ3n) is 2.81. The van der Waals surface area contributed by atoms with Gasteiger partial charge in [-0.25, -0.2) is 0 Å². The zero-order chi connectivity index (χ0) is 5.56. The lowest BCUT2D eigenvalue weighted by Crippen LogP contribution is -2.27. The van der Waals surface area contributed by atoms with Gasteiger partial charge in [-0.3, -0.25) is 0 Å². The van der Waals surface area contributed by atoms with E-state index in [9.17, 15) is 0 Å². The van der Waals surface area contributed by atoms with E-state index < -0.39 is 0 Å². The van der Waals surface area contributed by atoms with Gasteiger partial charge in [-0.2, -0.15) is 0 Å². The lowest BCUT2D eigenvalue weighted by Gasteiger charge is -2.37. The van der Waals surface area contributed by atoms with Crippen molar-refractivity contribution in [3.05, 3.63) is 5.92 Å². The second-order valence-corrected chi connectivity index (χ2v) is 3.34. The quantitative estimate of drug-likeness (QED) is 0.448. The highest BCUT2D eigenvalue weighted by Crippen LogP contribution is 2.52. The summed E-state index contributed by atoms with van der Waals surface area (Å²) in [6.45, 7) is 2.39. The van der Waals surface area contributed by atoms with Crippen molar-refractivity contribution in [1.29, 1.82) is 0 Å². The maximum atomic E-state index is 2.39. The molecule has 0 aliphatic heterocycles. The van der Waals surface area contributed by atoms with E-state index in [1.165, 1.54) is 25.7 Å². The monoisotopic (exact) mass is 109 g/mol. The molecule has 2 fully saturated rings. The minimum absolute atomic E-state index is 1.05. The van der Waals surface area contributed by atoms with Gasteiger partial charge in [0.05, 0.1) is 0 Å². The highest BCUT2D eigenvalue weighted by molar-refractivity contribution is 5.12. The van der Waals surface area contributed by atoms with Crippen LogP contribution in [-0.4, -0.2) is 0 Å². The molecule has 0 bridgehead atoms. The summed E-state index contributed by atoms with van der Waals surface area (Å²) in [6.07, 6.45) is 5.93. The Hall–Kier alpha value is 0. The van der Waals surface area contributed by atoms with Crippen LogP contribution in [0.4, 0.5) is 0 Å². The zero-order valence-electron chi connectivity index (χ0n) is 5.48. The summed E-state index contributed by atoms with van der Waals surface area (Å²) in [5, 5.41) is 0. The van der Waals surface area contributed by atoms with Gasteiger partial charge in [0.1, 0.15) is 0 Å². The summed E-state index contributed by atoms with van der Waals surface area (Å²) in [6, 6.07) is 0. The van der Waals surface area contributed by atoms with Gasteiger partial charge in [0.2, 0.25) is 0 Å². The van der Waals surface area contributed by atoms with Crippen molar-refractivity contribution < 1.29 is 0 Å². The topological polar surface area (TPSA) is 0 Å². The van der Waals surface area contributed by atoms with Gasteiger partial charge < -0.3 is 0 Å². The van der Waals surface area contributed by atoms with Gasteiger partial charge in [0, 0.05) is 0 Å². The van der Waals surface area contributed by atoms with Crippen LogP contribution in [0.5, 0.6) is 0 Å². The summed E-state index contributed by atoms with van der Waals surface area (Å²) in [4.78, 5) is 0. The summed E-state index contributed by atoms with van der Waals surface area (Å²) < 4.78 is 0. The van der Waals surface area contributed by atoms with E-state index in [2.05, 4.69) is 6.92 Å². The lowest BCUT2D eigenvalue weighted by atomic mass is 9.68. The Morgan fingerprint density at radius 1 is 1.50 bits per heavy atom. The van der Waals surface area contributed by atoms with E-state index in [4.69, 9.17) is 0 Å². The molecule has 0 heterocycles. The summed E-state index contributed by atoms with van der Waals surface area (Å²) in [5.41, 5.74) is 0. The predicted octanol–water partition coefficient (Wildman–Crippen LogP) is 2.40. The molecular weight excluding hydrogens is 96.1 g/mol. The standard InChI is InChI=1S/C8H13/c1-6-5-7-3-2-4-8(6)7/h6,8H,2-5H2,1H3. The Labute approximate surface area is 51.3 Å². The Balaban J connectivity index is 2.02. The molecule has 0 aromatic rings. The molecule has 1 radical (unpaired) electrons. The molecule has 2 atom stereocenters. The fourth-order valence-electron chi connectivity index (χ4n) is 2.27. The SMILES string of the molecule is CC1C[C]2CCCC21. The van der Waals surface area contributed by atoms with Crippen LogP contribution in [0.2, 0.25) is 0 Å². The van der Waals surface area contributed by atoms with Crippen molar-refractivity contribution in [1.82, 2.24) is 0 Å². The van der Waals surface area contributed by atoms with Crippen molar-refractivity contribution in [2.75, 3.05) is 0 Å². The molecular formula is C8H13. The van der Waals surface area contributed by atoms with Crippen LogP contribution in [0.1, 0.15) is 32.6 Å². The summed E-state index contributed by atoms with van der Waals surface area (Å²) in [5.74, 6) is 4.01. The second-order valence-electron chi connectivity index (χ2n) is 3.34. The minimum Gasteiger partial charge on any atom is -0.0622 e. The van der Waals surface area contributed by atoms with Gasteiger partial charge in [0.25, 0.3) is 0 Å². The fourth-order valence-corrected chi connectivity index (χ4v) is 2.27. The highest BCUT2D eigenvalue weighted by atomic mass is 14.5. The minimum atomic E-state index is 1.05. The van der Waals surface area contributed by atoms with E-state index in [1.807, 2.05) is 5.92 Å². The van der Waals surface area contributed by atoms with Crippen LogP contribution >= 0.6 is 0 Å². The molecule has 2 unspecified atom stereocenters. The van der Waals surface area contributed by atoms with Gasteiger partial charge in [-0.15, -0.1) is 0 Å². The molecule has 0 aromatic heterocycles. The smallest absolute Gasteiger partial charge is 0.0205 e. The molecule has 2 saturated carbocycles. The molecule has 0 nitrogen and oxygen atoms in total. The van der Waals surface area contributed by atoms with Crippen LogP contribution in [0.15, 0.2) is 0 Å². The van der Waals surface area contributed by atoms with Crippen molar-refractivity contribution in [2.24, 2.45) is 11.8 Å². The highest BCUT2D eigenvalue weighted by Gasteiger charge is 2.40. The molecule has 0 aromatic carbocycles. The van der Waals surface area contributed by atoms with Crippen molar-refractivity contribution in [3.63, 3.8) is 0 Å². The maximum Gasteiger partial charge on any atom is -0.0205 e. The van der Waals surface area contributed by atoms with Crippen LogP contribution in [0.3, 0.4) is 0 Å². The van der Waals surface area contributed by atoms with Gasteiger partial charge >= 0.3 is 0 Å². The van der Waals surface area contributed by atoms with E-state index in [-0.39, 0.29) is 0 Å². The molecule has 0 amide bonds. The molecule has 8 heavy (non-hydrogen) atoms. The normalized spacial score (nSPS) is 46.1. The average molecular weight is 109 g/mol. The number of hydrogen-bond donors (Lipinski definition) is 0. The first kappa shape index (κ1) is 4.84. The van der Waals surface area contributed by atoms with Gasteiger partial charge in [0.15, 0.2) is 0 Å². The first-order valence-corrected chi connectivity index (χ1v) is 3.72. The Morgan fingerprint density at radius 3 is 2.88 bits per heavy atom. The third kappa shape index (κ3) is 0.463. The molecule has 0 spiro atoms. The Kier molecular flexibility index (Phi) is 0.902. The van der Waals surface area contributed by atoms with Gasteiger partial charge in [-0.05, 0) is 37.0 Å². The van der Waals surface area contributed by atoms with Crippen LogP contribution in [-0.2, 0) is 0 Å². The maximum absolute atomic E-state index is 2.39. The second kappa shape index (κ2) is 1.49. The largest absolute Gasteiger partial charge is 0.0622 e. The van der Waals surface area contributed by atoms with Crippen LogP contribution < -0.4 is 0 Å². The number of fused-ring (bicyclic) bond motifs is 1. The third-order valence-corrected chi connectivity index (χ3v) is 2.81. The summed E-state index contributed by atoms with van der Waals surface area (Å²) >= 11 is 0. The molecule has 0 N–H and O–H groups in total. The van der Waals surface area contributed by atoms with Crippen LogP contribution in [0.25, 0.3) is 0 Å². The zero-order valence-corrected chi connectivity index (χ0v) is 5.48. The Bertz CT molecular complexity index is 96.2. The van der Waals surface area contributed by atoms with Crippen molar-refractivity contribution in [2.45, 2.75) is 32.6 Å². The molecule has 2 aliphatic rings. The number of rotatable bonds is 0. The molecule has 0 heteroatoms. The van der Waals surface area contributed by atoms with Crippen LogP contribution in [0, 0.1) is 17.8 Å². The van der Waals surface area contributed by atoms with Crippen molar-refractivity contribution in [3.8, 4) is 0 Å². The van der Waals surface area contributed by atoms with E-state index in [0.717, 1.165) is 11.8 Å². The molecule has 2 rings (SSSR count). The Morgan fingerprint density at radius 2 is 2.38 bits per heavy atom. The van der Waals surface area contributed by atoms with E-state index in [1.54, 1.807) is 0 Å². The van der Waals surface area contributed by atoms with E-state index >= 15 is 0 Å². The van der Waals surface area contributed by atoms with E-state index in [0.29, 0.717) is 0 Å². The van der Waals surface area contributed by atoms with Crippen molar-refractivity contribution >= 4 is 0 Å². The molecule has 2 aliphatic carbocycles. The predicted molar refractivity (Wildman–Crippen MR) is 34.4 cm³/mol. The van der Waals surface area contributed by atoms with Gasteiger partial charge in [-0.1, -0.05) is 13.3 Å².